The molecule has 0 heterocycles. The standard InChI is InChI=1S/C24H28O2/c1-23(2,3)19-12-15(13-20(22(19)26)24(4,5)6)11-17-14-16-9-7-8-10-18(16)21(17)25/h7-14,25-26H,1-6H3/b17-11+. The van der Waals surface area contributed by atoms with E-state index < -0.39 is 0 Å². The van der Waals surface area contributed by atoms with Crippen molar-refractivity contribution in [1.29, 1.82) is 0 Å². The van der Waals surface area contributed by atoms with Crippen molar-refractivity contribution < 1.29 is 10.2 Å². The van der Waals surface area contributed by atoms with Gasteiger partial charge >= 0.3 is 0 Å². The molecule has 0 atom stereocenters. The number of rotatable bonds is 1. The molecule has 0 aliphatic heterocycles. The third-order valence-electron chi connectivity index (χ3n) is 4.87. The summed E-state index contributed by atoms with van der Waals surface area (Å²) in [7, 11) is 0. The summed E-state index contributed by atoms with van der Waals surface area (Å²) >= 11 is 0. The number of aliphatic hydroxyl groups is 1. The summed E-state index contributed by atoms with van der Waals surface area (Å²) in [4.78, 5) is 0. The van der Waals surface area contributed by atoms with E-state index in [9.17, 15) is 10.2 Å². The van der Waals surface area contributed by atoms with E-state index in [1.165, 1.54) is 0 Å². The van der Waals surface area contributed by atoms with Crippen molar-refractivity contribution in [2.75, 3.05) is 0 Å². The quantitative estimate of drug-likeness (QED) is 0.795. The van der Waals surface area contributed by atoms with Crippen LogP contribution in [0, 0.1) is 0 Å². The average molecular weight is 348 g/mol. The van der Waals surface area contributed by atoms with Crippen LogP contribution in [0.1, 0.15) is 58.2 Å². The van der Waals surface area contributed by atoms with Crippen LogP contribution in [0.5, 0.6) is 5.75 Å². The van der Waals surface area contributed by atoms with Crippen LogP contribution in [-0.2, 0) is 10.8 Å². The lowest BCUT2D eigenvalue weighted by Crippen LogP contribution is -2.21. The van der Waals surface area contributed by atoms with E-state index in [0.29, 0.717) is 11.5 Å². The zero-order valence-electron chi connectivity index (χ0n) is 16.5. The molecule has 0 aromatic heterocycles. The molecule has 3 rings (SSSR count). The molecular formula is C24H28O2. The van der Waals surface area contributed by atoms with E-state index in [-0.39, 0.29) is 10.8 Å². The van der Waals surface area contributed by atoms with Crippen LogP contribution in [0.4, 0.5) is 0 Å². The molecule has 0 saturated carbocycles. The van der Waals surface area contributed by atoms with Crippen LogP contribution in [0.25, 0.3) is 17.9 Å². The Hall–Kier alpha value is -2.48. The van der Waals surface area contributed by atoms with Gasteiger partial charge in [-0.25, -0.2) is 0 Å². The Kier molecular flexibility index (Phi) is 4.26. The van der Waals surface area contributed by atoms with Crippen LogP contribution in [0.15, 0.2) is 42.0 Å². The van der Waals surface area contributed by atoms with Crippen molar-refractivity contribution in [1.82, 2.24) is 0 Å². The molecule has 2 aromatic carbocycles. The minimum Gasteiger partial charge on any atom is -0.507 e. The summed E-state index contributed by atoms with van der Waals surface area (Å²) in [6.07, 6.45) is 4.00. The van der Waals surface area contributed by atoms with E-state index in [2.05, 4.69) is 41.5 Å². The molecular weight excluding hydrogens is 320 g/mol. The highest BCUT2D eigenvalue weighted by Gasteiger charge is 2.26. The van der Waals surface area contributed by atoms with Crippen LogP contribution < -0.4 is 10.4 Å². The first kappa shape index (κ1) is 18.3. The number of phenolic OH excluding ortho intramolecular Hbond substituents is 1. The normalized spacial score (nSPS) is 15.9. The molecule has 0 saturated heterocycles. The van der Waals surface area contributed by atoms with Crippen molar-refractivity contribution in [3.63, 3.8) is 0 Å². The van der Waals surface area contributed by atoms with E-state index in [1.54, 1.807) is 0 Å². The molecule has 0 spiro atoms. The Morgan fingerprint density at radius 2 is 1.35 bits per heavy atom. The topological polar surface area (TPSA) is 40.5 Å². The number of phenols is 1. The lowest BCUT2D eigenvalue weighted by atomic mass is 9.78. The fraction of sp³-hybridized carbons (Fsp3) is 0.333. The summed E-state index contributed by atoms with van der Waals surface area (Å²) in [5, 5.41) is 23.3. The predicted molar refractivity (Wildman–Crippen MR) is 110 cm³/mol. The fourth-order valence-electron chi connectivity index (χ4n) is 3.40. The van der Waals surface area contributed by atoms with Gasteiger partial charge in [-0.05, 0) is 45.9 Å². The van der Waals surface area contributed by atoms with Gasteiger partial charge in [0.2, 0.25) is 0 Å². The molecule has 0 unspecified atom stereocenters. The highest BCUT2D eigenvalue weighted by Crippen LogP contribution is 2.40. The maximum atomic E-state index is 10.9. The largest absolute Gasteiger partial charge is 0.507 e. The number of hydrogen-bond acceptors (Lipinski definition) is 2. The van der Waals surface area contributed by atoms with E-state index in [4.69, 9.17) is 0 Å². The van der Waals surface area contributed by atoms with Crippen molar-refractivity contribution in [3.05, 3.63) is 69.1 Å². The molecule has 0 bridgehead atoms. The summed E-state index contributed by atoms with van der Waals surface area (Å²) in [5.74, 6) is 0.683. The zero-order valence-corrected chi connectivity index (χ0v) is 16.5. The molecule has 136 valence electrons. The van der Waals surface area contributed by atoms with Gasteiger partial charge in [-0.1, -0.05) is 65.8 Å². The molecule has 2 nitrogen and oxygen atoms in total. The Morgan fingerprint density at radius 3 is 1.85 bits per heavy atom. The molecule has 2 aromatic rings. The lowest BCUT2D eigenvalue weighted by molar-refractivity contribution is 0.423. The molecule has 1 aliphatic rings. The number of fused-ring (bicyclic) bond motifs is 1. The molecule has 0 radical (unpaired) electrons. The molecule has 2 heteroatoms. The zero-order chi connectivity index (χ0) is 19.3. The van der Waals surface area contributed by atoms with Gasteiger partial charge in [-0.15, -0.1) is 0 Å². The van der Waals surface area contributed by atoms with Crippen LogP contribution in [0.2, 0.25) is 0 Å². The third kappa shape index (κ3) is 3.29. The van der Waals surface area contributed by atoms with Crippen molar-refractivity contribution in [2.24, 2.45) is 0 Å². The number of aliphatic hydroxyl groups excluding tert-OH is 1. The first-order valence-corrected chi connectivity index (χ1v) is 9.08. The van der Waals surface area contributed by atoms with Crippen LogP contribution in [-0.4, -0.2) is 10.2 Å². The highest BCUT2D eigenvalue weighted by molar-refractivity contribution is 5.85. The minimum atomic E-state index is -0.174. The van der Waals surface area contributed by atoms with Gasteiger partial charge in [0, 0.05) is 21.9 Å². The maximum absolute atomic E-state index is 10.9. The second kappa shape index (κ2) is 6.05. The molecule has 2 N–H and O–H groups in total. The molecule has 0 amide bonds. The minimum absolute atomic E-state index is 0.174. The molecule has 1 aliphatic carbocycles. The summed E-state index contributed by atoms with van der Waals surface area (Å²) < 4.78 is 0. The number of aromatic hydroxyl groups is 1. The fourth-order valence-corrected chi connectivity index (χ4v) is 3.40. The van der Waals surface area contributed by atoms with Gasteiger partial charge in [-0.2, -0.15) is 0 Å². The van der Waals surface area contributed by atoms with E-state index >= 15 is 0 Å². The Balaban J connectivity index is 2.23. The van der Waals surface area contributed by atoms with E-state index in [1.807, 2.05) is 48.6 Å². The molecule has 0 fully saturated rings. The van der Waals surface area contributed by atoms with Gasteiger partial charge in [0.05, 0.1) is 0 Å². The summed E-state index contributed by atoms with van der Waals surface area (Å²) in [6.45, 7) is 12.6. The Bertz CT molecular complexity index is 974. The maximum Gasteiger partial charge on any atom is 0.130 e. The van der Waals surface area contributed by atoms with Gasteiger partial charge in [-0.3, -0.25) is 0 Å². The van der Waals surface area contributed by atoms with Crippen LogP contribution >= 0.6 is 0 Å². The highest BCUT2D eigenvalue weighted by atomic mass is 16.3. The second-order valence-electron chi connectivity index (χ2n) is 9.14. The number of benzene rings is 2. The molecule has 26 heavy (non-hydrogen) atoms. The van der Waals surface area contributed by atoms with Crippen molar-refractivity contribution in [3.8, 4) is 5.75 Å². The van der Waals surface area contributed by atoms with Crippen molar-refractivity contribution in [2.45, 2.75) is 52.4 Å². The van der Waals surface area contributed by atoms with Crippen molar-refractivity contribution >= 4 is 17.9 Å². The SMILES string of the molecule is CC(C)(C)c1cc(/C=C2\C=c3ccccc3=C2O)cc(C(C)(C)C)c1O. The monoisotopic (exact) mass is 348 g/mol. The predicted octanol–water partition coefficient (Wildman–Crippen LogP) is 4.53. The Morgan fingerprint density at radius 1 is 0.808 bits per heavy atom. The van der Waals surface area contributed by atoms with Crippen LogP contribution in [0.3, 0.4) is 0 Å². The Labute approximate surface area is 155 Å². The number of hydrogen-bond donors (Lipinski definition) is 2. The first-order valence-electron chi connectivity index (χ1n) is 9.08. The second-order valence-corrected chi connectivity index (χ2v) is 9.14. The van der Waals surface area contributed by atoms with Gasteiger partial charge in [0.15, 0.2) is 0 Å². The van der Waals surface area contributed by atoms with Gasteiger partial charge in [0.25, 0.3) is 0 Å². The lowest BCUT2D eigenvalue weighted by Gasteiger charge is -2.28. The van der Waals surface area contributed by atoms with Gasteiger partial charge < -0.3 is 10.2 Å². The third-order valence-corrected chi connectivity index (χ3v) is 4.87. The van der Waals surface area contributed by atoms with Gasteiger partial charge in [0.1, 0.15) is 11.5 Å². The first-order chi connectivity index (χ1) is 12.0. The average Bonchev–Trinajstić information content (AvgIpc) is 2.83. The van der Waals surface area contributed by atoms with E-state index in [0.717, 1.165) is 32.7 Å². The smallest absolute Gasteiger partial charge is 0.130 e. The summed E-state index contributed by atoms with van der Waals surface area (Å²) in [5.41, 5.74) is 3.29. The summed E-state index contributed by atoms with van der Waals surface area (Å²) in [6, 6.07) is 11.9.